The fraction of sp³-hybridized carbons (Fsp3) is 0.308. The van der Waals surface area contributed by atoms with Crippen molar-refractivity contribution in [2.24, 2.45) is 0 Å². The zero-order valence-electron chi connectivity index (χ0n) is 10.6. The van der Waals surface area contributed by atoms with E-state index < -0.39 is 0 Å². The highest BCUT2D eigenvalue weighted by Gasteiger charge is 2.11. The van der Waals surface area contributed by atoms with E-state index in [0.717, 1.165) is 17.0 Å². The van der Waals surface area contributed by atoms with Crippen LogP contribution in [0.3, 0.4) is 0 Å². The first-order valence-corrected chi connectivity index (χ1v) is 6.02. The van der Waals surface area contributed by atoms with Crippen molar-refractivity contribution in [3.8, 4) is 0 Å². The lowest BCUT2D eigenvalue weighted by molar-refractivity contribution is -0.385. The quantitative estimate of drug-likeness (QED) is 0.490. The number of rotatable bonds is 6. The maximum absolute atomic E-state index is 10.8. The van der Waals surface area contributed by atoms with Crippen LogP contribution in [0.2, 0.25) is 0 Å². The van der Waals surface area contributed by atoms with Crippen LogP contribution in [0.1, 0.15) is 17.0 Å². The number of aryl methyl sites for hydroxylation is 1. The molecular weight excluding hydrogens is 246 g/mol. The number of aromatic nitrogens is 1. The van der Waals surface area contributed by atoms with Crippen molar-refractivity contribution in [3.05, 3.63) is 57.5 Å². The Labute approximate surface area is 110 Å². The van der Waals surface area contributed by atoms with E-state index in [0.29, 0.717) is 19.5 Å². The predicted octanol–water partition coefficient (Wildman–Crippen LogP) is 2.22. The van der Waals surface area contributed by atoms with Crippen LogP contribution >= 0.6 is 0 Å². The summed E-state index contributed by atoms with van der Waals surface area (Å²) >= 11 is 0. The zero-order valence-corrected chi connectivity index (χ0v) is 10.6. The topological polar surface area (TPSA) is 81.2 Å². The van der Waals surface area contributed by atoms with E-state index in [1.807, 2.05) is 19.1 Å². The summed E-state index contributed by atoms with van der Waals surface area (Å²) in [6.07, 6.45) is 0.605. The summed E-state index contributed by atoms with van der Waals surface area (Å²) in [5.41, 5.74) is 1.73. The molecule has 0 bridgehead atoms. The Bertz CT molecular complexity index is 566. The van der Waals surface area contributed by atoms with Gasteiger partial charge in [0.05, 0.1) is 10.6 Å². The lowest BCUT2D eigenvalue weighted by Crippen LogP contribution is -2.17. The van der Waals surface area contributed by atoms with Crippen molar-refractivity contribution in [1.29, 1.82) is 0 Å². The van der Waals surface area contributed by atoms with Crippen LogP contribution < -0.4 is 5.32 Å². The molecule has 0 fully saturated rings. The molecule has 0 radical (unpaired) electrons. The Balaban J connectivity index is 1.84. The van der Waals surface area contributed by atoms with E-state index >= 15 is 0 Å². The van der Waals surface area contributed by atoms with E-state index in [1.54, 1.807) is 12.1 Å². The van der Waals surface area contributed by atoms with Crippen molar-refractivity contribution >= 4 is 5.69 Å². The summed E-state index contributed by atoms with van der Waals surface area (Å²) < 4.78 is 4.95. The first kappa shape index (κ1) is 13.2. The molecule has 0 spiro atoms. The van der Waals surface area contributed by atoms with Crippen molar-refractivity contribution < 1.29 is 9.45 Å². The van der Waals surface area contributed by atoms with E-state index in [2.05, 4.69) is 10.5 Å². The molecular formula is C13H15N3O3. The van der Waals surface area contributed by atoms with Gasteiger partial charge in [0.15, 0.2) is 0 Å². The monoisotopic (exact) mass is 261 g/mol. The Kier molecular flexibility index (Phi) is 4.25. The van der Waals surface area contributed by atoms with Gasteiger partial charge >= 0.3 is 0 Å². The first-order chi connectivity index (χ1) is 9.16. The molecule has 0 aliphatic rings. The Morgan fingerprint density at radius 2 is 2.21 bits per heavy atom. The van der Waals surface area contributed by atoms with Gasteiger partial charge in [-0.2, -0.15) is 0 Å². The number of nitro groups is 1. The van der Waals surface area contributed by atoms with E-state index in [-0.39, 0.29) is 10.6 Å². The van der Waals surface area contributed by atoms with Crippen LogP contribution in [0.4, 0.5) is 5.69 Å². The van der Waals surface area contributed by atoms with Crippen molar-refractivity contribution in [1.82, 2.24) is 10.5 Å². The molecule has 1 aromatic heterocycles. The van der Waals surface area contributed by atoms with Gasteiger partial charge in [-0.25, -0.2) is 0 Å². The third-order valence-electron chi connectivity index (χ3n) is 2.74. The minimum Gasteiger partial charge on any atom is -0.361 e. The van der Waals surface area contributed by atoms with E-state index in [1.165, 1.54) is 6.07 Å². The minimum absolute atomic E-state index is 0.168. The smallest absolute Gasteiger partial charge is 0.272 e. The summed E-state index contributed by atoms with van der Waals surface area (Å²) in [5.74, 6) is 0.774. The van der Waals surface area contributed by atoms with Gasteiger partial charge in [-0.1, -0.05) is 23.4 Å². The Morgan fingerprint density at radius 3 is 2.89 bits per heavy atom. The van der Waals surface area contributed by atoms with E-state index in [9.17, 15) is 10.1 Å². The minimum atomic E-state index is -0.351. The van der Waals surface area contributed by atoms with Crippen LogP contribution in [0, 0.1) is 17.0 Å². The molecule has 19 heavy (non-hydrogen) atoms. The molecule has 2 rings (SSSR count). The molecule has 0 atom stereocenters. The molecule has 0 amide bonds. The highest BCUT2D eigenvalue weighted by Crippen LogP contribution is 2.17. The summed E-state index contributed by atoms with van der Waals surface area (Å²) in [5, 5.41) is 17.9. The SMILES string of the molecule is Cc1cc(CNCCc2ccccc2[N+](=O)[O-])no1. The zero-order chi connectivity index (χ0) is 13.7. The van der Waals surface area contributed by atoms with Crippen molar-refractivity contribution in [3.63, 3.8) is 0 Å². The molecule has 1 N–H and O–H groups in total. The summed E-state index contributed by atoms with van der Waals surface area (Å²) in [4.78, 5) is 10.5. The number of nitro benzene ring substituents is 1. The second-order valence-corrected chi connectivity index (χ2v) is 4.24. The Hall–Kier alpha value is -2.21. The van der Waals surface area contributed by atoms with Gasteiger partial charge in [-0.3, -0.25) is 10.1 Å². The van der Waals surface area contributed by atoms with Crippen LogP contribution in [0.5, 0.6) is 0 Å². The molecule has 0 aliphatic heterocycles. The number of benzene rings is 1. The molecule has 2 aromatic rings. The average molecular weight is 261 g/mol. The van der Waals surface area contributed by atoms with Gasteiger partial charge in [0.25, 0.3) is 5.69 Å². The predicted molar refractivity (Wildman–Crippen MR) is 69.7 cm³/mol. The highest BCUT2D eigenvalue weighted by atomic mass is 16.6. The summed E-state index contributed by atoms with van der Waals surface area (Å²) in [6.45, 7) is 3.08. The summed E-state index contributed by atoms with van der Waals surface area (Å²) in [7, 11) is 0. The highest BCUT2D eigenvalue weighted by molar-refractivity contribution is 5.39. The maximum Gasteiger partial charge on any atom is 0.272 e. The normalized spacial score (nSPS) is 10.6. The first-order valence-electron chi connectivity index (χ1n) is 6.02. The van der Waals surface area contributed by atoms with E-state index in [4.69, 9.17) is 4.52 Å². The number of hydrogen-bond acceptors (Lipinski definition) is 5. The average Bonchev–Trinajstić information content (AvgIpc) is 2.81. The second-order valence-electron chi connectivity index (χ2n) is 4.24. The molecule has 0 saturated heterocycles. The number of para-hydroxylation sites is 1. The third kappa shape index (κ3) is 3.62. The maximum atomic E-state index is 10.8. The van der Waals surface area contributed by atoms with Crippen LogP contribution in [-0.4, -0.2) is 16.6 Å². The van der Waals surface area contributed by atoms with Gasteiger partial charge in [-0.05, 0) is 19.9 Å². The standard InChI is InChI=1S/C13H15N3O3/c1-10-8-12(15-19-10)9-14-7-6-11-4-2-3-5-13(11)16(17)18/h2-5,8,14H,6-7,9H2,1H3. The molecule has 6 nitrogen and oxygen atoms in total. The molecule has 1 heterocycles. The molecule has 100 valence electrons. The lowest BCUT2D eigenvalue weighted by Gasteiger charge is -2.03. The molecule has 0 saturated carbocycles. The van der Waals surface area contributed by atoms with Gasteiger partial charge < -0.3 is 9.84 Å². The summed E-state index contributed by atoms with van der Waals surface area (Å²) in [6, 6.07) is 8.64. The molecule has 0 unspecified atom stereocenters. The van der Waals surface area contributed by atoms with Gasteiger partial charge in [0.1, 0.15) is 5.76 Å². The lowest BCUT2D eigenvalue weighted by atomic mass is 10.1. The second kappa shape index (κ2) is 6.10. The number of nitrogens with zero attached hydrogens (tertiary/aromatic N) is 2. The Morgan fingerprint density at radius 1 is 1.42 bits per heavy atom. The number of nitrogens with one attached hydrogen (secondary N) is 1. The fourth-order valence-electron chi connectivity index (χ4n) is 1.84. The fourth-order valence-corrected chi connectivity index (χ4v) is 1.84. The van der Waals surface area contributed by atoms with Crippen LogP contribution in [0.25, 0.3) is 0 Å². The third-order valence-corrected chi connectivity index (χ3v) is 2.74. The number of hydrogen-bond donors (Lipinski definition) is 1. The van der Waals surface area contributed by atoms with Crippen molar-refractivity contribution in [2.75, 3.05) is 6.54 Å². The largest absolute Gasteiger partial charge is 0.361 e. The van der Waals surface area contributed by atoms with Gasteiger partial charge in [-0.15, -0.1) is 0 Å². The molecule has 1 aromatic carbocycles. The van der Waals surface area contributed by atoms with Crippen molar-refractivity contribution in [2.45, 2.75) is 19.9 Å². The van der Waals surface area contributed by atoms with Crippen LogP contribution in [0.15, 0.2) is 34.9 Å². The molecule has 0 aliphatic carbocycles. The van der Waals surface area contributed by atoms with Gasteiger partial charge in [0, 0.05) is 24.2 Å². The van der Waals surface area contributed by atoms with Crippen LogP contribution in [-0.2, 0) is 13.0 Å². The molecule has 6 heteroatoms. The van der Waals surface area contributed by atoms with Gasteiger partial charge in [0.2, 0.25) is 0 Å².